The van der Waals surface area contributed by atoms with Crippen LogP contribution in [0.4, 0.5) is 10.2 Å². The van der Waals surface area contributed by atoms with Gasteiger partial charge in [0.1, 0.15) is 11.6 Å². The van der Waals surface area contributed by atoms with Gasteiger partial charge in [0.2, 0.25) is 15.7 Å². The Kier molecular flexibility index (Phi) is 7.31. The normalized spacial score (nSPS) is 11.5. The third-order valence-electron chi connectivity index (χ3n) is 4.52. The number of aromatic nitrogens is 1. The molecule has 1 aromatic carbocycles. The number of allylic oxidation sites excluding steroid dienone is 1. The molecule has 0 atom stereocenters. The first kappa shape index (κ1) is 23.2. The average molecular weight is 557 g/mol. The first-order valence-electron chi connectivity index (χ1n) is 9.48. The van der Waals surface area contributed by atoms with Crippen LogP contribution in [0.25, 0.3) is 22.4 Å². The molecule has 0 aliphatic rings. The Hall–Kier alpha value is -2.47. The Morgan fingerprint density at radius 3 is 2.65 bits per heavy atom. The van der Waals surface area contributed by atoms with Crippen molar-refractivity contribution < 1.29 is 22.0 Å². The summed E-state index contributed by atoms with van der Waals surface area (Å²) in [7, 11) is -2.11. The topological polar surface area (TPSA) is 101 Å². The Bertz CT molecular complexity index is 1220. The number of halogens is 2. The zero-order chi connectivity index (χ0) is 22.6. The lowest BCUT2D eigenvalue weighted by atomic mass is 10.1. The van der Waals surface area contributed by atoms with Crippen molar-refractivity contribution in [3.63, 3.8) is 0 Å². The number of anilines is 1. The third kappa shape index (κ3) is 5.42. The van der Waals surface area contributed by atoms with Crippen LogP contribution < -0.4 is 10.0 Å². The molecular formula is C21H21FIN3O4S. The maximum Gasteiger partial charge on any atom is 0.255 e. The number of carbonyl (C=O) groups is 1. The van der Waals surface area contributed by atoms with Crippen LogP contribution in [0.1, 0.15) is 29.6 Å². The van der Waals surface area contributed by atoms with E-state index in [1.807, 2.05) is 22.6 Å². The molecule has 2 heterocycles. The average Bonchev–Trinajstić information content (AvgIpc) is 3.09. The van der Waals surface area contributed by atoms with Crippen molar-refractivity contribution in [2.45, 2.75) is 19.3 Å². The number of hydrogen-bond acceptors (Lipinski definition) is 5. The maximum atomic E-state index is 13.3. The number of fused-ring (bicyclic) bond motifs is 1. The van der Waals surface area contributed by atoms with Crippen LogP contribution in [0.2, 0.25) is 0 Å². The van der Waals surface area contributed by atoms with Gasteiger partial charge in [-0.1, -0.05) is 6.08 Å². The fourth-order valence-electron chi connectivity index (χ4n) is 3.00. The first-order chi connectivity index (χ1) is 14.8. The lowest BCUT2D eigenvalue weighted by Crippen LogP contribution is -2.19. The molecule has 3 aromatic rings. The lowest BCUT2D eigenvalue weighted by Gasteiger charge is -2.08. The van der Waals surface area contributed by atoms with Gasteiger partial charge >= 0.3 is 0 Å². The van der Waals surface area contributed by atoms with Crippen molar-refractivity contribution in [2.75, 3.05) is 17.5 Å². The molecule has 0 bridgehead atoms. The molecule has 2 aromatic heterocycles. The van der Waals surface area contributed by atoms with E-state index in [4.69, 9.17) is 4.42 Å². The fraction of sp³-hybridized carbons (Fsp3) is 0.238. The van der Waals surface area contributed by atoms with Crippen molar-refractivity contribution in [2.24, 2.45) is 0 Å². The van der Waals surface area contributed by atoms with Gasteiger partial charge in [0.25, 0.3) is 5.91 Å². The van der Waals surface area contributed by atoms with Crippen molar-refractivity contribution in [1.29, 1.82) is 0 Å². The van der Waals surface area contributed by atoms with E-state index >= 15 is 0 Å². The van der Waals surface area contributed by atoms with Gasteiger partial charge in [0, 0.05) is 12.6 Å². The highest BCUT2D eigenvalue weighted by atomic mass is 127. The molecule has 0 fully saturated rings. The number of rotatable bonds is 9. The second kappa shape index (κ2) is 9.77. The maximum absolute atomic E-state index is 13.3. The number of pyridine rings is 1. The van der Waals surface area contributed by atoms with E-state index in [1.54, 1.807) is 12.1 Å². The molecule has 0 saturated heterocycles. The van der Waals surface area contributed by atoms with Gasteiger partial charge in [-0.05, 0) is 72.2 Å². The number of nitrogens with one attached hydrogen (secondary N) is 2. The molecule has 31 heavy (non-hydrogen) atoms. The molecule has 0 spiro atoms. The summed E-state index contributed by atoms with van der Waals surface area (Å²) in [6, 6.07) is 7.16. The Morgan fingerprint density at radius 2 is 2.00 bits per heavy atom. The second-order valence-corrected chi connectivity index (χ2v) is 9.77. The first-order valence-corrected chi connectivity index (χ1v) is 12.2. The van der Waals surface area contributed by atoms with Crippen molar-refractivity contribution in [1.82, 2.24) is 10.3 Å². The van der Waals surface area contributed by atoms with Gasteiger partial charge in [-0.3, -0.25) is 9.52 Å². The number of furan rings is 1. The fourth-order valence-corrected chi connectivity index (χ4v) is 4.89. The van der Waals surface area contributed by atoms with Crippen LogP contribution in [0.5, 0.6) is 0 Å². The molecular weight excluding hydrogens is 536 g/mol. The zero-order valence-electron chi connectivity index (χ0n) is 16.7. The Balaban J connectivity index is 2.02. The van der Waals surface area contributed by atoms with E-state index in [0.717, 1.165) is 12.8 Å². The summed E-state index contributed by atoms with van der Waals surface area (Å²) in [4.78, 5) is 16.9. The van der Waals surface area contributed by atoms with Crippen LogP contribution in [-0.2, 0) is 10.0 Å². The molecule has 3 rings (SSSR count). The highest BCUT2D eigenvalue weighted by molar-refractivity contribution is 14.1. The van der Waals surface area contributed by atoms with Crippen LogP contribution in [0, 0.1) is 9.39 Å². The van der Waals surface area contributed by atoms with E-state index in [0.29, 0.717) is 20.9 Å². The summed E-state index contributed by atoms with van der Waals surface area (Å²) in [5, 5.41) is 2.99. The van der Waals surface area contributed by atoms with Crippen molar-refractivity contribution in [3.8, 4) is 11.3 Å². The lowest BCUT2D eigenvalue weighted by molar-refractivity contribution is 0.0964. The molecule has 0 aliphatic carbocycles. The molecule has 2 N–H and O–H groups in total. The predicted molar refractivity (Wildman–Crippen MR) is 127 cm³/mol. The summed E-state index contributed by atoms with van der Waals surface area (Å²) in [5.74, 6) is -0.508. The van der Waals surface area contributed by atoms with Gasteiger partial charge < -0.3 is 9.73 Å². The van der Waals surface area contributed by atoms with Crippen LogP contribution >= 0.6 is 22.6 Å². The minimum atomic E-state index is -3.60. The molecule has 0 radical (unpaired) electrons. The molecule has 10 heteroatoms. The molecule has 164 valence electrons. The summed E-state index contributed by atoms with van der Waals surface area (Å²) >= 11 is 1.95. The van der Waals surface area contributed by atoms with Crippen LogP contribution in [-0.4, -0.2) is 32.1 Å². The number of hydrogen-bond donors (Lipinski definition) is 2. The number of carbonyl (C=O) groups excluding carboxylic acids is 1. The Labute approximate surface area is 193 Å². The minimum Gasteiger partial charge on any atom is -0.437 e. The van der Waals surface area contributed by atoms with Crippen molar-refractivity contribution >= 4 is 55.4 Å². The smallest absolute Gasteiger partial charge is 0.255 e. The molecule has 7 nitrogen and oxygen atoms in total. The van der Waals surface area contributed by atoms with Crippen LogP contribution in [0.3, 0.4) is 0 Å². The molecule has 0 aliphatic heterocycles. The second-order valence-electron chi connectivity index (χ2n) is 6.77. The summed E-state index contributed by atoms with van der Waals surface area (Å²) in [5.41, 5.74) is 0.841. The van der Waals surface area contributed by atoms with Gasteiger partial charge in [-0.15, -0.1) is 6.58 Å². The molecule has 1 amide bonds. The zero-order valence-corrected chi connectivity index (χ0v) is 19.7. The SMILES string of the molecule is C=CCCCCS(=O)(=O)Nc1nc2oc(-c3ccc(F)cc3)c(C(=O)NC)c2cc1I. The van der Waals surface area contributed by atoms with E-state index in [2.05, 4.69) is 21.6 Å². The molecule has 0 unspecified atom stereocenters. The van der Waals surface area contributed by atoms with Gasteiger partial charge in [0.05, 0.1) is 20.3 Å². The Morgan fingerprint density at radius 1 is 1.29 bits per heavy atom. The van der Waals surface area contributed by atoms with Crippen LogP contribution in [0.15, 0.2) is 47.4 Å². The standard InChI is InChI=1S/C21H21FIN3O4S/c1-3-4-5-6-11-31(28,29)26-19-16(23)12-15-17(20(27)24-2)18(30-21(15)25-19)13-7-9-14(22)10-8-13/h3,7-10,12H,1,4-6,11H2,2H3,(H,24,27)(H,25,26). The molecule has 0 saturated carbocycles. The minimum absolute atomic E-state index is 0.0425. The number of benzene rings is 1. The summed E-state index contributed by atoms with van der Waals surface area (Å²) in [6.45, 7) is 3.62. The number of nitrogens with zero attached hydrogens (tertiary/aromatic N) is 1. The van der Waals surface area contributed by atoms with E-state index in [9.17, 15) is 17.6 Å². The quantitative estimate of drug-likeness (QED) is 0.226. The largest absolute Gasteiger partial charge is 0.437 e. The monoisotopic (exact) mass is 557 g/mol. The number of unbranched alkanes of at least 4 members (excludes halogenated alkanes) is 2. The van der Waals surface area contributed by atoms with Gasteiger partial charge in [0.15, 0.2) is 5.82 Å². The van der Waals surface area contributed by atoms with Gasteiger partial charge in [-0.2, -0.15) is 4.98 Å². The predicted octanol–water partition coefficient (Wildman–Crippen LogP) is 4.70. The van der Waals surface area contributed by atoms with E-state index in [-0.39, 0.29) is 28.6 Å². The van der Waals surface area contributed by atoms with Gasteiger partial charge in [-0.25, -0.2) is 12.8 Å². The third-order valence-corrected chi connectivity index (χ3v) is 6.67. The van der Waals surface area contributed by atoms with Crippen molar-refractivity contribution in [3.05, 3.63) is 57.9 Å². The highest BCUT2D eigenvalue weighted by Gasteiger charge is 2.24. The number of amides is 1. The summed E-state index contributed by atoms with van der Waals surface area (Å²) in [6.07, 6.45) is 3.72. The van der Waals surface area contributed by atoms with E-state index < -0.39 is 21.7 Å². The van der Waals surface area contributed by atoms with E-state index in [1.165, 1.54) is 31.3 Å². The number of sulfonamides is 1. The highest BCUT2D eigenvalue weighted by Crippen LogP contribution is 2.35. The summed E-state index contributed by atoms with van der Waals surface area (Å²) < 4.78 is 47.0.